The van der Waals surface area contributed by atoms with Gasteiger partial charge in [-0.1, -0.05) is 43.2 Å². The maximum Gasteiger partial charge on any atom is 0.223 e. The Kier molecular flexibility index (Phi) is 5.92. The highest BCUT2D eigenvalue weighted by Gasteiger charge is 2.46. The highest BCUT2D eigenvalue weighted by Crippen LogP contribution is 2.38. The zero-order valence-corrected chi connectivity index (χ0v) is 17.0. The smallest absolute Gasteiger partial charge is 0.223 e. The van der Waals surface area contributed by atoms with Crippen LogP contribution in [0.4, 0.5) is 0 Å². The number of carbonyl (C=O) groups excluding carboxylic acids is 1. The third kappa shape index (κ3) is 4.49. The van der Waals surface area contributed by atoms with Crippen molar-refractivity contribution in [3.8, 4) is 0 Å². The molecule has 6 heteroatoms. The Morgan fingerprint density at radius 3 is 2.59 bits per heavy atom. The van der Waals surface area contributed by atoms with Crippen molar-refractivity contribution in [1.29, 1.82) is 0 Å². The summed E-state index contributed by atoms with van der Waals surface area (Å²) in [5.41, 5.74) is 1.15. The van der Waals surface area contributed by atoms with Gasteiger partial charge in [-0.05, 0) is 31.7 Å². The van der Waals surface area contributed by atoms with Crippen LogP contribution in [0.5, 0.6) is 0 Å². The summed E-state index contributed by atoms with van der Waals surface area (Å²) >= 11 is 0. The van der Waals surface area contributed by atoms with Gasteiger partial charge >= 0.3 is 0 Å². The Hall–Kier alpha value is -2.31. The molecule has 1 aliphatic carbocycles. The van der Waals surface area contributed by atoms with Crippen LogP contribution in [-0.4, -0.2) is 44.1 Å². The van der Waals surface area contributed by atoms with Gasteiger partial charge in [0.15, 0.2) is 0 Å². The number of likely N-dealkylation sites (tertiary alicyclic amines) is 1. The van der Waals surface area contributed by atoms with Crippen LogP contribution < -0.4 is 5.32 Å². The van der Waals surface area contributed by atoms with E-state index in [1.165, 1.54) is 6.33 Å². The first kappa shape index (κ1) is 20.0. The van der Waals surface area contributed by atoms with Crippen molar-refractivity contribution in [2.75, 3.05) is 6.54 Å². The number of aromatic nitrogens is 2. The molecule has 4 rings (SSSR count). The molecule has 6 nitrogen and oxygen atoms in total. The molecular weight excluding hydrogens is 364 g/mol. The summed E-state index contributed by atoms with van der Waals surface area (Å²) < 4.78 is 0. The van der Waals surface area contributed by atoms with Crippen molar-refractivity contribution in [3.63, 3.8) is 0 Å². The molecule has 3 unspecified atom stereocenters. The number of nitrogens with zero attached hydrogens (tertiary/aromatic N) is 3. The first-order valence-corrected chi connectivity index (χ1v) is 10.6. The third-order valence-corrected chi connectivity index (χ3v) is 6.45. The van der Waals surface area contributed by atoms with E-state index in [2.05, 4.69) is 32.3 Å². The molecule has 3 atom stereocenters. The summed E-state index contributed by atoms with van der Waals surface area (Å²) in [5.74, 6) is 0.152. The number of piperidine rings is 1. The minimum absolute atomic E-state index is 0.0696. The summed E-state index contributed by atoms with van der Waals surface area (Å²) in [6, 6.07) is 9.68. The average Bonchev–Trinajstić information content (AvgIpc) is 3.27. The van der Waals surface area contributed by atoms with Crippen LogP contribution in [0.25, 0.3) is 0 Å². The van der Waals surface area contributed by atoms with Crippen LogP contribution in [0.2, 0.25) is 0 Å². The Morgan fingerprint density at radius 2 is 1.90 bits per heavy atom. The van der Waals surface area contributed by atoms with E-state index < -0.39 is 5.60 Å². The predicted octanol–water partition coefficient (Wildman–Crippen LogP) is 2.85. The topological polar surface area (TPSA) is 78.3 Å². The lowest BCUT2D eigenvalue weighted by molar-refractivity contribution is -0.132. The Balaban J connectivity index is 1.64. The minimum atomic E-state index is -0.974. The van der Waals surface area contributed by atoms with E-state index in [1.54, 1.807) is 0 Å². The molecule has 154 valence electrons. The van der Waals surface area contributed by atoms with Gasteiger partial charge in [-0.2, -0.15) is 0 Å². The molecule has 2 aromatic rings. The summed E-state index contributed by atoms with van der Waals surface area (Å²) in [7, 11) is 0. The Labute approximate surface area is 172 Å². The zero-order valence-electron chi connectivity index (χ0n) is 17.0. The van der Waals surface area contributed by atoms with E-state index in [4.69, 9.17) is 0 Å². The summed E-state index contributed by atoms with van der Waals surface area (Å²) in [6.07, 6.45) is 9.90. The number of benzene rings is 1. The average molecular weight is 395 g/mol. The first-order valence-electron chi connectivity index (χ1n) is 10.6. The van der Waals surface area contributed by atoms with Crippen molar-refractivity contribution >= 4 is 5.91 Å². The molecule has 2 fully saturated rings. The minimum Gasteiger partial charge on any atom is -0.388 e. The van der Waals surface area contributed by atoms with Crippen LogP contribution in [0.15, 0.2) is 49.1 Å². The molecule has 29 heavy (non-hydrogen) atoms. The second-order valence-electron chi connectivity index (χ2n) is 8.65. The number of aliphatic hydroxyl groups is 1. The molecule has 1 saturated carbocycles. The van der Waals surface area contributed by atoms with E-state index in [0.29, 0.717) is 13.0 Å². The molecule has 0 bridgehead atoms. The fraction of sp³-hybridized carbons (Fsp3) is 0.522. The Bertz CT molecular complexity index is 806. The van der Waals surface area contributed by atoms with Crippen molar-refractivity contribution < 1.29 is 9.90 Å². The van der Waals surface area contributed by atoms with Crippen LogP contribution in [0.3, 0.4) is 0 Å². The second-order valence-corrected chi connectivity index (χ2v) is 8.65. The van der Waals surface area contributed by atoms with Gasteiger partial charge in [-0.25, -0.2) is 9.97 Å². The normalized spacial score (nSPS) is 28.3. The number of hydrogen-bond donors (Lipinski definition) is 2. The van der Waals surface area contributed by atoms with Gasteiger partial charge in [0.2, 0.25) is 5.91 Å². The SMILES string of the molecule is CC1(O)CCN(Cc2cncnc2)C(c2ccccc2)C1NC(=O)C1CCCC1. The molecule has 0 radical (unpaired) electrons. The third-order valence-electron chi connectivity index (χ3n) is 6.45. The van der Waals surface area contributed by atoms with Crippen LogP contribution in [0.1, 0.15) is 56.2 Å². The first-order chi connectivity index (χ1) is 14.0. The lowest BCUT2D eigenvalue weighted by atomic mass is 9.79. The molecule has 1 aromatic heterocycles. The van der Waals surface area contributed by atoms with Crippen LogP contribution in [-0.2, 0) is 11.3 Å². The Morgan fingerprint density at radius 1 is 1.21 bits per heavy atom. The molecule has 2 heterocycles. The monoisotopic (exact) mass is 394 g/mol. The standard InChI is InChI=1S/C23H30N4O2/c1-23(29)11-12-27(15-17-13-24-16-25-14-17)20(18-7-3-2-4-8-18)21(23)26-22(28)19-9-5-6-10-19/h2-4,7-8,13-14,16,19-21,29H,5-6,9-12,15H2,1H3,(H,26,28). The van der Waals surface area contributed by atoms with Crippen LogP contribution >= 0.6 is 0 Å². The maximum atomic E-state index is 13.0. The van der Waals surface area contributed by atoms with Gasteiger partial charge in [0, 0.05) is 37.0 Å². The molecule has 1 saturated heterocycles. The maximum absolute atomic E-state index is 13.0. The van der Waals surface area contributed by atoms with Gasteiger partial charge < -0.3 is 10.4 Å². The lowest BCUT2D eigenvalue weighted by Gasteiger charge is -2.49. The van der Waals surface area contributed by atoms with Gasteiger partial charge in [0.25, 0.3) is 0 Å². The van der Waals surface area contributed by atoms with Gasteiger partial charge in [0.05, 0.1) is 17.7 Å². The number of rotatable bonds is 5. The van der Waals surface area contributed by atoms with Crippen molar-refractivity contribution in [2.24, 2.45) is 5.92 Å². The summed E-state index contributed by atoms with van der Waals surface area (Å²) in [6.45, 7) is 3.26. The van der Waals surface area contributed by atoms with E-state index in [-0.39, 0.29) is 23.9 Å². The van der Waals surface area contributed by atoms with Gasteiger partial charge in [0.1, 0.15) is 6.33 Å². The fourth-order valence-corrected chi connectivity index (χ4v) is 4.79. The number of nitrogens with one attached hydrogen (secondary N) is 1. The molecule has 1 amide bonds. The number of amides is 1. The molecule has 1 aliphatic heterocycles. The number of hydrogen-bond acceptors (Lipinski definition) is 5. The van der Waals surface area contributed by atoms with Gasteiger partial charge in [-0.15, -0.1) is 0 Å². The van der Waals surface area contributed by atoms with Crippen molar-refractivity contribution in [1.82, 2.24) is 20.2 Å². The van der Waals surface area contributed by atoms with Gasteiger partial charge in [-0.3, -0.25) is 9.69 Å². The molecule has 2 aliphatic rings. The van der Waals surface area contributed by atoms with E-state index in [1.807, 2.05) is 37.5 Å². The van der Waals surface area contributed by atoms with E-state index >= 15 is 0 Å². The summed E-state index contributed by atoms with van der Waals surface area (Å²) in [5, 5.41) is 14.5. The highest BCUT2D eigenvalue weighted by molar-refractivity contribution is 5.79. The molecule has 1 aromatic carbocycles. The van der Waals surface area contributed by atoms with Crippen molar-refractivity contribution in [3.05, 3.63) is 60.2 Å². The van der Waals surface area contributed by atoms with Crippen LogP contribution in [0, 0.1) is 5.92 Å². The fourth-order valence-electron chi connectivity index (χ4n) is 4.79. The molecule has 2 N–H and O–H groups in total. The molecule has 0 spiro atoms. The molecular formula is C23H30N4O2. The van der Waals surface area contributed by atoms with Crippen molar-refractivity contribution in [2.45, 2.75) is 63.3 Å². The van der Waals surface area contributed by atoms with E-state index in [0.717, 1.165) is 43.4 Å². The zero-order chi connectivity index (χ0) is 20.3. The largest absolute Gasteiger partial charge is 0.388 e. The van der Waals surface area contributed by atoms with E-state index in [9.17, 15) is 9.90 Å². The lowest BCUT2D eigenvalue weighted by Crippen LogP contribution is -2.62. The predicted molar refractivity (Wildman–Crippen MR) is 111 cm³/mol. The number of carbonyl (C=O) groups is 1. The second kappa shape index (κ2) is 8.59. The summed E-state index contributed by atoms with van der Waals surface area (Å²) in [4.78, 5) is 23.6. The quantitative estimate of drug-likeness (QED) is 0.815. The highest BCUT2D eigenvalue weighted by atomic mass is 16.3.